The molecule has 96 valence electrons. The van der Waals surface area contributed by atoms with Crippen molar-refractivity contribution in [2.45, 2.75) is 33.4 Å². The van der Waals surface area contributed by atoms with E-state index in [1.807, 2.05) is 16.9 Å². The second-order valence-corrected chi connectivity index (χ2v) is 5.58. The van der Waals surface area contributed by atoms with E-state index < -0.39 is 0 Å². The zero-order valence-electron chi connectivity index (χ0n) is 10.9. The van der Waals surface area contributed by atoms with Gasteiger partial charge < -0.3 is 5.32 Å². The lowest BCUT2D eigenvalue weighted by molar-refractivity contribution is 0.578. The van der Waals surface area contributed by atoms with Crippen LogP contribution in [0.1, 0.15) is 25.1 Å². The predicted molar refractivity (Wildman–Crippen MR) is 78.0 cm³/mol. The zero-order valence-corrected chi connectivity index (χ0v) is 12.5. The minimum atomic E-state index is 0.476. The summed E-state index contributed by atoms with van der Waals surface area (Å²) in [5.74, 6) is 0. The van der Waals surface area contributed by atoms with Gasteiger partial charge in [0.1, 0.15) is 0 Å². The summed E-state index contributed by atoms with van der Waals surface area (Å²) in [4.78, 5) is 0. The highest BCUT2D eigenvalue weighted by Crippen LogP contribution is 2.19. The fraction of sp³-hybridized carbons (Fsp3) is 0.357. The summed E-state index contributed by atoms with van der Waals surface area (Å²) in [6, 6.07) is 8.77. The van der Waals surface area contributed by atoms with Gasteiger partial charge in [0.15, 0.2) is 0 Å². The highest BCUT2D eigenvalue weighted by atomic mass is 79.9. The van der Waals surface area contributed by atoms with Gasteiger partial charge >= 0.3 is 0 Å². The number of benzene rings is 1. The quantitative estimate of drug-likeness (QED) is 0.937. The van der Waals surface area contributed by atoms with E-state index in [1.54, 1.807) is 0 Å². The van der Waals surface area contributed by atoms with E-state index in [-0.39, 0.29) is 0 Å². The van der Waals surface area contributed by atoms with E-state index in [2.05, 4.69) is 65.3 Å². The van der Waals surface area contributed by atoms with Crippen LogP contribution in [0.4, 0.5) is 0 Å². The first kappa shape index (κ1) is 13.3. The number of halogens is 1. The average molecular weight is 308 g/mol. The molecular formula is C14H18BrN3. The molecule has 2 rings (SSSR count). The van der Waals surface area contributed by atoms with Crippen molar-refractivity contribution in [2.75, 3.05) is 0 Å². The van der Waals surface area contributed by atoms with E-state index in [1.165, 1.54) is 5.56 Å². The largest absolute Gasteiger partial charge is 0.309 e. The van der Waals surface area contributed by atoms with Gasteiger partial charge in [0.05, 0.1) is 11.4 Å². The lowest BCUT2D eigenvalue weighted by Crippen LogP contribution is -2.22. The molecule has 18 heavy (non-hydrogen) atoms. The summed E-state index contributed by atoms with van der Waals surface area (Å²) in [7, 11) is 0. The topological polar surface area (TPSA) is 29.9 Å². The Hall–Kier alpha value is -1.13. The monoisotopic (exact) mass is 307 g/mol. The second-order valence-electron chi connectivity index (χ2n) is 4.72. The predicted octanol–water partition coefficient (Wildman–Crippen LogP) is 3.44. The Labute approximate surface area is 116 Å². The lowest BCUT2D eigenvalue weighted by Gasteiger charge is -2.06. The molecule has 0 spiro atoms. The van der Waals surface area contributed by atoms with Crippen LogP contribution in [0.25, 0.3) is 5.69 Å². The van der Waals surface area contributed by atoms with Crippen LogP contribution >= 0.6 is 15.9 Å². The summed E-state index contributed by atoms with van der Waals surface area (Å²) in [5.41, 5.74) is 3.36. The normalized spacial score (nSPS) is 11.2. The third-order valence-corrected chi connectivity index (χ3v) is 3.61. The molecule has 3 nitrogen and oxygen atoms in total. The third-order valence-electron chi connectivity index (χ3n) is 2.76. The zero-order chi connectivity index (χ0) is 13.1. The molecule has 2 aromatic rings. The molecule has 0 amide bonds. The van der Waals surface area contributed by atoms with Gasteiger partial charge in [-0.05, 0) is 30.7 Å². The Bertz CT molecular complexity index is 532. The van der Waals surface area contributed by atoms with Gasteiger partial charge in [0.25, 0.3) is 0 Å². The summed E-state index contributed by atoms with van der Waals surface area (Å²) in [6.45, 7) is 7.15. The van der Waals surface area contributed by atoms with Gasteiger partial charge in [-0.3, -0.25) is 0 Å². The highest BCUT2D eigenvalue weighted by molar-refractivity contribution is 9.10. The number of rotatable bonds is 4. The Balaban J connectivity index is 2.16. The fourth-order valence-corrected chi connectivity index (χ4v) is 2.00. The second kappa shape index (κ2) is 5.67. The summed E-state index contributed by atoms with van der Waals surface area (Å²) in [6.07, 6.45) is 1.99. The van der Waals surface area contributed by atoms with E-state index in [0.717, 1.165) is 22.4 Å². The molecular weight excluding hydrogens is 290 g/mol. The number of hydrogen-bond acceptors (Lipinski definition) is 2. The number of nitrogens with zero attached hydrogens (tertiary/aromatic N) is 2. The first-order valence-electron chi connectivity index (χ1n) is 6.10. The Kier molecular flexibility index (Phi) is 4.19. The maximum atomic E-state index is 4.56. The van der Waals surface area contributed by atoms with Crippen molar-refractivity contribution in [3.05, 3.63) is 46.2 Å². The fourth-order valence-electron chi connectivity index (χ4n) is 1.63. The Morgan fingerprint density at radius 1 is 1.33 bits per heavy atom. The van der Waals surface area contributed by atoms with Crippen molar-refractivity contribution >= 4 is 15.9 Å². The van der Waals surface area contributed by atoms with E-state index in [9.17, 15) is 0 Å². The summed E-state index contributed by atoms with van der Waals surface area (Å²) >= 11 is 3.55. The Morgan fingerprint density at radius 2 is 2.11 bits per heavy atom. The summed E-state index contributed by atoms with van der Waals surface area (Å²) in [5, 5.41) is 7.92. The first-order valence-corrected chi connectivity index (χ1v) is 6.90. The average Bonchev–Trinajstić information content (AvgIpc) is 2.79. The molecule has 0 bridgehead atoms. The molecule has 0 atom stereocenters. The number of hydrogen-bond donors (Lipinski definition) is 1. The van der Waals surface area contributed by atoms with Gasteiger partial charge in [-0.1, -0.05) is 35.8 Å². The molecule has 0 unspecified atom stereocenters. The van der Waals surface area contributed by atoms with Crippen molar-refractivity contribution in [3.63, 3.8) is 0 Å². The maximum absolute atomic E-state index is 4.56. The van der Waals surface area contributed by atoms with Crippen LogP contribution < -0.4 is 5.32 Å². The van der Waals surface area contributed by atoms with Crippen molar-refractivity contribution < 1.29 is 0 Å². The highest BCUT2D eigenvalue weighted by Gasteiger charge is 2.03. The van der Waals surface area contributed by atoms with Crippen LogP contribution in [0, 0.1) is 6.92 Å². The van der Waals surface area contributed by atoms with Gasteiger partial charge in [-0.2, -0.15) is 5.10 Å². The van der Waals surface area contributed by atoms with Gasteiger partial charge in [0.2, 0.25) is 0 Å². The molecule has 0 fully saturated rings. The maximum Gasteiger partial charge on any atom is 0.0766 e. The van der Waals surface area contributed by atoms with Gasteiger partial charge in [-0.15, -0.1) is 0 Å². The molecule has 0 aliphatic rings. The van der Waals surface area contributed by atoms with Crippen LogP contribution in [0.3, 0.4) is 0 Å². The first-order chi connectivity index (χ1) is 8.56. The molecule has 0 radical (unpaired) electrons. The van der Waals surface area contributed by atoms with Crippen LogP contribution in [0.5, 0.6) is 0 Å². The van der Waals surface area contributed by atoms with E-state index in [4.69, 9.17) is 0 Å². The van der Waals surface area contributed by atoms with E-state index >= 15 is 0 Å². The molecule has 0 saturated carbocycles. The number of aryl methyl sites for hydroxylation is 1. The van der Waals surface area contributed by atoms with Crippen LogP contribution in [0.2, 0.25) is 0 Å². The minimum Gasteiger partial charge on any atom is -0.309 e. The van der Waals surface area contributed by atoms with Crippen molar-refractivity contribution in [2.24, 2.45) is 0 Å². The smallest absolute Gasteiger partial charge is 0.0766 e. The standard InChI is InChI=1S/C14H18BrN3/c1-10(2)16-9-12-6-7-18(17-12)13-5-4-11(3)14(15)8-13/h4-8,10,16H,9H2,1-3H3. The number of aromatic nitrogens is 2. The molecule has 0 aliphatic carbocycles. The van der Waals surface area contributed by atoms with E-state index in [0.29, 0.717) is 6.04 Å². The lowest BCUT2D eigenvalue weighted by atomic mass is 10.2. The molecule has 1 N–H and O–H groups in total. The molecule has 4 heteroatoms. The van der Waals surface area contributed by atoms with Gasteiger partial charge in [-0.25, -0.2) is 4.68 Å². The van der Waals surface area contributed by atoms with Crippen LogP contribution in [-0.4, -0.2) is 15.8 Å². The van der Waals surface area contributed by atoms with Gasteiger partial charge in [0, 0.05) is 23.3 Å². The minimum absolute atomic E-state index is 0.476. The van der Waals surface area contributed by atoms with Crippen molar-refractivity contribution in [3.8, 4) is 5.69 Å². The SMILES string of the molecule is Cc1ccc(-n2ccc(CNC(C)C)n2)cc1Br. The molecule has 1 heterocycles. The molecule has 0 aliphatic heterocycles. The van der Waals surface area contributed by atoms with Crippen LogP contribution in [-0.2, 0) is 6.54 Å². The Morgan fingerprint density at radius 3 is 2.78 bits per heavy atom. The molecule has 1 aromatic heterocycles. The summed E-state index contributed by atoms with van der Waals surface area (Å²) < 4.78 is 3.01. The van der Waals surface area contributed by atoms with Crippen molar-refractivity contribution in [1.29, 1.82) is 0 Å². The third kappa shape index (κ3) is 3.21. The number of nitrogens with one attached hydrogen (secondary N) is 1. The van der Waals surface area contributed by atoms with Crippen LogP contribution in [0.15, 0.2) is 34.9 Å². The van der Waals surface area contributed by atoms with Crippen molar-refractivity contribution in [1.82, 2.24) is 15.1 Å². The molecule has 0 saturated heterocycles. The molecule has 1 aromatic carbocycles.